The molecule has 0 N–H and O–H groups in total. The summed E-state index contributed by atoms with van der Waals surface area (Å²) in [5.74, 6) is -0.313. The lowest BCUT2D eigenvalue weighted by atomic mass is 9.90. The average molecular weight is 520 g/mol. The van der Waals surface area contributed by atoms with Crippen LogP contribution in [0.3, 0.4) is 0 Å². The number of aliphatic imine (C=N–C) groups is 1. The number of carbonyl (C=O) groups excluding carboxylic acids is 1. The van der Waals surface area contributed by atoms with Gasteiger partial charge in [-0.2, -0.15) is 0 Å². The third-order valence-electron chi connectivity index (χ3n) is 8.03. The fraction of sp³-hybridized carbons (Fsp3) is 0.414. The van der Waals surface area contributed by atoms with Crippen LogP contribution in [0.15, 0.2) is 65.1 Å². The summed E-state index contributed by atoms with van der Waals surface area (Å²) < 4.78 is 36.8. The highest BCUT2D eigenvalue weighted by molar-refractivity contribution is 6.15. The zero-order valence-corrected chi connectivity index (χ0v) is 21.4. The lowest BCUT2D eigenvalue weighted by Crippen LogP contribution is -2.45. The molecule has 0 radical (unpaired) electrons. The molecule has 0 aliphatic carbocycles. The molecule has 38 heavy (non-hydrogen) atoms. The molecule has 2 unspecified atom stereocenters. The molecule has 2 atom stereocenters. The van der Waals surface area contributed by atoms with E-state index in [1.807, 2.05) is 38.7 Å². The highest BCUT2D eigenvalue weighted by atomic mass is 19.1. The molecule has 2 aromatic heterocycles. The zero-order valence-electron chi connectivity index (χ0n) is 21.4. The standard InChI is InChI=1S/C29H31F2N5O2/c1-38-26-4-2-3-25(31)23(26)17-34-10-8-24(30)21(15-34)13-28(37)36-11-7-19-14-33-29(22(19)18-36)20-5-6-27-32-9-12-35(27)16-20/h2-6,9,12,16,21,24H,7-8,10-11,13-15,17-18H2,1H3. The van der Waals surface area contributed by atoms with Gasteiger partial charge in [-0.3, -0.25) is 14.7 Å². The Balaban J connectivity index is 1.12. The first-order chi connectivity index (χ1) is 18.5. The second kappa shape index (κ2) is 10.3. The Morgan fingerprint density at radius 2 is 2.11 bits per heavy atom. The number of hydrogen-bond acceptors (Lipinski definition) is 5. The number of rotatable bonds is 6. The summed E-state index contributed by atoms with van der Waals surface area (Å²) in [6, 6.07) is 8.74. The number of pyridine rings is 1. The minimum atomic E-state index is -1.05. The monoisotopic (exact) mass is 519 g/mol. The van der Waals surface area contributed by atoms with Crippen LogP contribution in [0.4, 0.5) is 8.78 Å². The molecule has 3 aromatic rings. The number of hydrogen-bond donors (Lipinski definition) is 0. The molecule has 1 saturated heterocycles. The number of halogens is 2. The Labute approximate surface area is 220 Å². The Morgan fingerprint density at radius 1 is 1.21 bits per heavy atom. The quantitative estimate of drug-likeness (QED) is 0.493. The number of fused-ring (bicyclic) bond motifs is 1. The first-order valence-corrected chi connectivity index (χ1v) is 13.1. The molecule has 0 saturated carbocycles. The summed E-state index contributed by atoms with van der Waals surface area (Å²) in [4.78, 5) is 26.4. The van der Waals surface area contributed by atoms with Crippen LogP contribution in [0.25, 0.3) is 5.65 Å². The third kappa shape index (κ3) is 4.71. The number of aromatic nitrogens is 2. The molecule has 5 heterocycles. The van der Waals surface area contributed by atoms with Gasteiger partial charge in [-0.25, -0.2) is 13.8 Å². The topological polar surface area (TPSA) is 62.4 Å². The van der Waals surface area contributed by atoms with Crippen molar-refractivity contribution in [2.75, 3.05) is 39.8 Å². The first kappa shape index (κ1) is 24.7. The van der Waals surface area contributed by atoms with Gasteiger partial charge in [0.1, 0.15) is 23.4 Å². The van der Waals surface area contributed by atoms with E-state index >= 15 is 0 Å². The second-order valence-electron chi connectivity index (χ2n) is 10.3. The van der Waals surface area contributed by atoms with Gasteiger partial charge in [-0.15, -0.1) is 0 Å². The van der Waals surface area contributed by atoms with Crippen LogP contribution in [0.2, 0.25) is 0 Å². The van der Waals surface area contributed by atoms with Crippen LogP contribution in [0.1, 0.15) is 30.4 Å². The molecule has 1 fully saturated rings. The molecule has 0 spiro atoms. The second-order valence-corrected chi connectivity index (χ2v) is 10.3. The minimum absolute atomic E-state index is 0.0363. The van der Waals surface area contributed by atoms with Gasteiger partial charge in [0.2, 0.25) is 5.91 Å². The van der Waals surface area contributed by atoms with Gasteiger partial charge in [-0.1, -0.05) is 6.07 Å². The summed E-state index contributed by atoms with van der Waals surface area (Å²) in [7, 11) is 1.52. The summed E-state index contributed by atoms with van der Waals surface area (Å²) >= 11 is 0. The number of benzene rings is 1. The molecule has 1 aromatic carbocycles. The molecule has 3 aliphatic heterocycles. The largest absolute Gasteiger partial charge is 0.496 e. The summed E-state index contributed by atoms with van der Waals surface area (Å²) in [5, 5.41) is 0. The normalized spacial score (nSPS) is 22.1. The number of imidazole rings is 1. The number of alkyl halides is 1. The Morgan fingerprint density at radius 3 is 2.97 bits per heavy atom. The highest BCUT2D eigenvalue weighted by Crippen LogP contribution is 2.31. The van der Waals surface area contributed by atoms with Gasteiger partial charge < -0.3 is 14.0 Å². The fourth-order valence-electron chi connectivity index (χ4n) is 5.90. The third-order valence-corrected chi connectivity index (χ3v) is 8.03. The van der Waals surface area contributed by atoms with Gasteiger partial charge in [0.05, 0.1) is 19.4 Å². The van der Waals surface area contributed by atoms with Crippen molar-refractivity contribution in [1.29, 1.82) is 0 Å². The number of ether oxygens (including phenoxy) is 1. The van der Waals surface area contributed by atoms with Gasteiger partial charge in [0, 0.05) is 74.8 Å². The lowest BCUT2D eigenvalue weighted by Gasteiger charge is -2.36. The van der Waals surface area contributed by atoms with Crippen molar-refractivity contribution < 1.29 is 18.3 Å². The van der Waals surface area contributed by atoms with E-state index in [0.717, 1.165) is 28.9 Å². The molecule has 7 nitrogen and oxygen atoms in total. The van der Waals surface area contributed by atoms with E-state index in [1.165, 1.54) is 18.7 Å². The SMILES string of the molecule is COc1cccc(F)c1CN1CCC(F)C(CC(=O)N2CCC3=C(C2)C(c2ccc4nccn4c2)=NC3)C1. The van der Waals surface area contributed by atoms with Gasteiger partial charge in [-0.05, 0) is 48.3 Å². The summed E-state index contributed by atoms with van der Waals surface area (Å²) in [5.41, 5.74) is 5.66. The number of carbonyl (C=O) groups is 1. The van der Waals surface area contributed by atoms with Gasteiger partial charge in [0.25, 0.3) is 0 Å². The number of likely N-dealkylation sites (tertiary alicyclic amines) is 1. The van der Waals surface area contributed by atoms with Crippen LogP contribution >= 0.6 is 0 Å². The number of amides is 1. The van der Waals surface area contributed by atoms with E-state index in [1.54, 1.807) is 18.3 Å². The molecular weight excluding hydrogens is 488 g/mol. The van der Waals surface area contributed by atoms with Crippen molar-refractivity contribution in [3.05, 3.63) is 77.0 Å². The van der Waals surface area contributed by atoms with Crippen LogP contribution in [0.5, 0.6) is 5.75 Å². The summed E-state index contributed by atoms with van der Waals surface area (Å²) in [6.07, 6.45) is 5.89. The van der Waals surface area contributed by atoms with E-state index in [9.17, 15) is 13.6 Å². The molecule has 1 amide bonds. The Hall–Kier alpha value is -3.59. The minimum Gasteiger partial charge on any atom is -0.496 e. The van der Waals surface area contributed by atoms with Crippen molar-refractivity contribution in [1.82, 2.24) is 19.2 Å². The van der Waals surface area contributed by atoms with Crippen molar-refractivity contribution >= 4 is 17.3 Å². The zero-order chi connectivity index (χ0) is 26.2. The molecular formula is C29H31F2N5O2. The Kier molecular flexibility index (Phi) is 6.69. The maximum Gasteiger partial charge on any atom is 0.223 e. The average Bonchev–Trinajstić information content (AvgIpc) is 3.57. The fourth-order valence-corrected chi connectivity index (χ4v) is 5.90. The molecule has 3 aliphatic rings. The van der Waals surface area contributed by atoms with Crippen LogP contribution in [-0.2, 0) is 11.3 Å². The molecule has 9 heteroatoms. The van der Waals surface area contributed by atoms with Crippen molar-refractivity contribution in [2.45, 2.75) is 32.0 Å². The maximum atomic E-state index is 15.0. The maximum absolute atomic E-state index is 15.0. The van der Waals surface area contributed by atoms with E-state index in [-0.39, 0.29) is 18.1 Å². The number of piperidine rings is 1. The van der Waals surface area contributed by atoms with E-state index in [0.29, 0.717) is 57.0 Å². The molecule has 0 bridgehead atoms. The van der Waals surface area contributed by atoms with Crippen molar-refractivity contribution in [3.63, 3.8) is 0 Å². The Bertz CT molecular complexity index is 1430. The summed E-state index contributed by atoms with van der Waals surface area (Å²) in [6.45, 7) is 3.04. The van der Waals surface area contributed by atoms with E-state index < -0.39 is 12.1 Å². The van der Waals surface area contributed by atoms with Crippen LogP contribution in [0, 0.1) is 11.7 Å². The predicted molar refractivity (Wildman–Crippen MR) is 141 cm³/mol. The highest BCUT2D eigenvalue weighted by Gasteiger charge is 2.35. The van der Waals surface area contributed by atoms with Crippen molar-refractivity contribution in [2.24, 2.45) is 10.9 Å². The number of methoxy groups -OCH3 is 1. The van der Waals surface area contributed by atoms with Gasteiger partial charge >= 0.3 is 0 Å². The smallest absolute Gasteiger partial charge is 0.223 e. The number of nitrogens with zero attached hydrogens (tertiary/aromatic N) is 5. The first-order valence-electron chi connectivity index (χ1n) is 13.1. The predicted octanol–water partition coefficient (Wildman–Crippen LogP) is 4.06. The lowest BCUT2D eigenvalue weighted by molar-refractivity contribution is -0.133. The van der Waals surface area contributed by atoms with E-state index in [2.05, 4.69) is 4.98 Å². The molecule has 6 rings (SSSR count). The van der Waals surface area contributed by atoms with Crippen molar-refractivity contribution in [3.8, 4) is 5.75 Å². The van der Waals surface area contributed by atoms with Gasteiger partial charge in [0.15, 0.2) is 0 Å². The molecule has 198 valence electrons. The van der Waals surface area contributed by atoms with Crippen LogP contribution in [-0.4, -0.2) is 76.8 Å². The van der Waals surface area contributed by atoms with Crippen LogP contribution < -0.4 is 4.74 Å². The van der Waals surface area contributed by atoms with E-state index in [4.69, 9.17) is 9.73 Å².